The van der Waals surface area contributed by atoms with Crippen LogP contribution in [0.25, 0.3) is 0 Å². The summed E-state index contributed by atoms with van der Waals surface area (Å²) < 4.78 is 3.81. The number of hydrogen-bond donors (Lipinski definition) is 1. The first-order valence-electron chi connectivity index (χ1n) is 5.74. The van der Waals surface area contributed by atoms with Crippen molar-refractivity contribution in [3.63, 3.8) is 0 Å². The second kappa shape index (κ2) is 5.68. The Bertz CT molecular complexity index is 526. The molecule has 2 aromatic rings. The minimum atomic E-state index is -0.119. The van der Waals surface area contributed by atoms with Crippen molar-refractivity contribution >= 4 is 17.4 Å². The maximum absolute atomic E-state index is 12.1. The molecule has 6 heteroatoms. The summed E-state index contributed by atoms with van der Waals surface area (Å²) in [5.74, 6) is -0.119. The van der Waals surface area contributed by atoms with Gasteiger partial charge < -0.3 is 5.32 Å². The lowest BCUT2D eigenvalue weighted by atomic mass is 10.1. The SMILES string of the molecule is CCc1nnsc1C(=O)NC(C)c1ccncc1. The molecule has 2 rings (SSSR count). The average molecular weight is 262 g/mol. The van der Waals surface area contributed by atoms with E-state index in [0.29, 0.717) is 11.3 Å². The topological polar surface area (TPSA) is 67.8 Å². The third kappa shape index (κ3) is 2.70. The molecule has 0 fully saturated rings. The molecular weight excluding hydrogens is 248 g/mol. The van der Waals surface area contributed by atoms with Crippen LogP contribution in [0, 0.1) is 0 Å². The normalized spacial score (nSPS) is 12.1. The van der Waals surface area contributed by atoms with Crippen LogP contribution in [0.3, 0.4) is 0 Å². The highest BCUT2D eigenvalue weighted by Crippen LogP contribution is 2.15. The van der Waals surface area contributed by atoms with Crippen LogP contribution in [0.1, 0.15) is 40.8 Å². The van der Waals surface area contributed by atoms with Crippen LogP contribution in [-0.4, -0.2) is 20.5 Å². The minimum Gasteiger partial charge on any atom is -0.345 e. The summed E-state index contributed by atoms with van der Waals surface area (Å²) in [6.07, 6.45) is 4.14. The summed E-state index contributed by atoms with van der Waals surface area (Å²) in [6, 6.07) is 3.71. The zero-order chi connectivity index (χ0) is 13.0. The average Bonchev–Trinajstić information content (AvgIpc) is 2.88. The minimum absolute atomic E-state index is 0.0627. The van der Waals surface area contributed by atoms with E-state index in [0.717, 1.165) is 22.8 Å². The first-order valence-corrected chi connectivity index (χ1v) is 6.51. The van der Waals surface area contributed by atoms with Crippen molar-refractivity contribution in [2.24, 2.45) is 0 Å². The van der Waals surface area contributed by atoms with E-state index in [1.54, 1.807) is 12.4 Å². The molecule has 1 amide bonds. The molecule has 2 aromatic heterocycles. The van der Waals surface area contributed by atoms with Crippen molar-refractivity contribution in [3.05, 3.63) is 40.7 Å². The Balaban J connectivity index is 2.08. The summed E-state index contributed by atoms with van der Waals surface area (Å²) in [7, 11) is 0. The molecule has 0 bridgehead atoms. The number of nitrogens with one attached hydrogen (secondary N) is 1. The predicted molar refractivity (Wildman–Crippen MR) is 69.4 cm³/mol. The number of pyridine rings is 1. The molecule has 0 aliphatic heterocycles. The fraction of sp³-hybridized carbons (Fsp3) is 0.333. The third-order valence-corrected chi connectivity index (χ3v) is 3.42. The molecule has 0 saturated heterocycles. The van der Waals surface area contributed by atoms with Gasteiger partial charge in [-0.3, -0.25) is 9.78 Å². The van der Waals surface area contributed by atoms with E-state index in [-0.39, 0.29) is 11.9 Å². The highest BCUT2D eigenvalue weighted by molar-refractivity contribution is 7.08. The second-order valence-electron chi connectivity index (χ2n) is 3.88. The van der Waals surface area contributed by atoms with E-state index in [9.17, 15) is 4.79 Å². The van der Waals surface area contributed by atoms with Crippen molar-refractivity contribution in [2.75, 3.05) is 0 Å². The Morgan fingerprint density at radius 3 is 2.83 bits per heavy atom. The summed E-state index contributed by atoms with van der Waals surface area (Å²) in [5, 5.41) is 6.87. The lowest BCUT2D eigenvalue weighted by molar-refractivity contribution is 0.0943. The molecule has 1 atom stereocenters. The number of aromatic nitrogens is 3. The van der Waals surface area contributed by atoms with Gasteiger partial charge in [0, 0.05) is 12.4 Å². The molecule has 0 saturated carbocycles. The zero-order valence-electron chi connectivity index (χ0n) is 10.3. The Labute approximate surface area is 109 Å². The quantitative estimate of drug-likeness (QED) is 0.915. The number of carbonyl (C=O) groups is 1. The van der Waals surface area contributed by atoms with Gasteiger partial charge in [-0.15, -0.1) is 5.10 Å². The van der Waals surface area contributed by atoms with Crippen LogP contribution in [0.4, 0.5) is 0 Å². The number of carbonyl (C=O) groups excluding carboxylic acids is 1. The summed E-state index contributed by atoms with van der Waals surface area (Å²) in [4.78, 5) is 16.6. The van der Waals surface area contributed by atoms with E-state index in [2.05, 4.69) is 19.9 Å². The number of rotatable bonds is 4. The number of aryl methyl sites for hydroxylation is 1. The van der Waals surface area contributed by atoms with E-state index in [1.807, 2.05) is 26.0 Å². The smallest absolute Gasteiger partial charge is 0.265 e. The molecule has 0 radical (unpaired) electrons. The standard InChI is InChI=1S/C12H14N4OS/c1-3-10-11(18-16-15-10)12(17)14-8(2)9-4-6-13-7-5-9/h4-8H,3H2,1-2H3,(H,14,17). The lowest BCUT2D eigenvalue weighted by Crippen LogP contribution is -2.26. The Morgan fingerprint density at radius 1 is 1.44 bits per heavy atom. The molecule has 0 spiro atoms. The maximum Gasteiger partial charge on any atom is 0.265 e. The highest BCUT2D eigenvalue weighted by atomic mass is 32.1. The van der Waals surface area contributed by atoms with Crippen molar-refractivity contribution < 1.29 is 4.79 Å². The van der Waals surface area contributed by atoms with Gasteiger partial charge in [-0.1, -0.05) is 11.4 Å². The molecule has 94 valence electrons. The van der Waals surface area contributed by atoms with E-state index < -0.39 is 0 Å². The first kappa shape index (κ1) is 12.6. The fourth-order valence-corrected chi connectivity index (χ4v) is 2.26. The van der Waals surface area contributed by atoms with Gasteiger partial charge in [0.2, 0.25) is 0 Å². The van der Waals surface area contributed by atoms with Gasteiger partial charge in [-0.25, -0.2) is 0 Å². The van der Waals surface area contributed by atoms with Crippen molar-refractivity contribution in [1.29, 1.82) is 0 Å². The molecule has 0 aromatic carbocycles. The van der Waals surface area contributed by atoms with E-state index in [1.165, 1.54) is 0 Å². The number of hydrogen-bond acceptors (Lipinski definition) is 5. The predicted octanol–water partition coefficient (Wildman–Crippen LogP) is 1.99. The molecule has 5 nitrogen and oxygen atoms in total. The second-order valence-corrected chi connectivity index (χ2v) is 4.63. The molecule has 0 aliphatic carbocycles. The largest absolute Gasteiger partial charge is 0.345 e. The number of amides is 1. The fourth-order valence-electron chi connectivity index (χ4n) is 1.61. The van der Waals surface area contributed by atoms with E-state index >= 15 is 0 Å². The highest BCUT2D eigenvalue weighted by Gasteiger charge is 2.17. The van der Waals surface area contributed by atoms with Gasteiger partial charge in [-0.2, -0.15) is 0 Å². The Hall–Kier alpha value is -1.82. The van der Waals surface area contributed by atoms with Crippen molar-refractivity contribution in [1.82, 2.24) is 19.9 Å². The molecule has 0 aliphatic rings. The summed E-state index contributed by atoms with van der Waals surface area (Å²) >= 11 is 1.13. The number of nitrogens with zero attached hydrogens (tertiary/aromatic N) is 3. The van der Waals surface area contributed by atoms with Gasteiger partial charge in [-0.05, 0) is 42.6 Å². The molecule has 18 heavy (non-hydrogen) atoms. The monoisotopic (exact) mass is 262 g/mol. The van der Waals surface area contributed by atoms with Gasteiger partial charge in [0.05, 0.1) is 11.7 Å². The zero-order valence-corrected chi connectivity index (χ0v) is 11.1. The lowest BCUT2D eigenvalue weighted by Gasteiger charge is -2.13. The van der Waals surface area contributed by atoms with Gasteiger partial charge in [0.15, 0.2) is 0 Å². The third-order valence-electron chi connectivity index (χ3n) is 2.65. The molecule has 1 N–H and O–H groups in total. The first-order chi connectivity index (χ1) is 8.72. The van der Waals surface area contributed by atoms with Gasteiger partial charge in [0.25, 0.3) is 5.91 Å². The van der Waals surface area contributed by atoms with Crippen LogP contribution >= 0.6 is 11.5 Å². The van der Waals surface area contributed by atoms with E-state index in [4.69, 9.17) is 0 Å². The van der Waals surface area contributed by atoms with Gasteiger partial charge in [0.1, 0.15) is 4.88 Å². The maximum atomic E-state index is 12.1. The Kier molecular flexibility index (Phi) is 3.99. The molecule has 2 heterocycles. The molecule has 1 unspecified atom stereocenters. The van der Waals surface area contributed by atoms with Crippen LogP contribution in [0.2, 0.25) is 0 Å². The summed E-state index contributed by atoms with van der Waals surface area (Å²) in [5.41, 5.74) is 1.77. The van der Waals surface area contributed by atoms with Gasteiger partial charge >= 0.3 is 0 Å². The van der Waals surface area contributed by atoms with Crippen molar-refractivity contribution in [3.8, 4) is 0 Å². The van der Waals surface area contributed by atoms with Crippen LogP contribution in [0.15, 0.2) is 24.5 Å². The van der Waals surface area contributed by atoms with Crippen LogP contribution in [0.5, 0.6) is 0 Å². The summed E-state index contributed by atoms with van der Waals surface area (Å²) in [6.45, 7) is 3.90. The van der Waals surface area contributed by atoms with Crippen LogP contribution < -0.4 is 5.32 Å². The Morgan fingerprint density at radius 2 is 2.17 bits per heavy atom. The van der Waals surface area contributed by atoms with Crippen LogP contribution in [-0.2, 0) is 6.42 Å². The molecular formula is C12H14N4OS. The van der Waals surface area contributed by atoms with Crippen molar-refractivity contribution in [2.45, 2.75) is 26.3 Å².